The van der Waals surface area contributed by atoms with Crippen LogP contribution in [0.25, 0.3) is 0 Å². The average molecular weight is 258 g/mol. The van der Waals surface area contributed by atoms with Crippen molar-refractivity contribution < 1.29 is 9.90 Å². The number of aliphatic hydroxyl groups is 1. The van der Waals surface area contributed by atoms with E-state index in [0.29, 0.717) is 6.54 Å². The lowest BCUT2D eigenvalue weighted by molar-refractivity contribution is -0.123. The average Bonchev–Trinajstić information content (AvgIpc) is 2.84. The van der Waals surface area contributed by atoms with Gasteiger partial charge in [0.2, 0.25) is 5.91 Å². The third kappa shape index (κ3) is 3.14. The van der Waals surface area contributed by atoms with E-state index in [-0.39, 0.29) is 23.5 Å². The summed E-state index contributed by atoms with van der Waals surface area (Å²) in [5.74, 6) is 1.79. The number of thioether (sulfide) groups is 1. The molecule has 3 N–H and O–H groups in total. The zero-order valence-electron chi connectivity index (χ0n) is 10.4. The van der Waals surface area contributed by atoms with E-state index in [1.807, 2.05) is 0 Å². The second-order valence-corrected chi connectivity index (χ2v) is 6.44. The van der Waals surface area contributed by atoms with Crippen molar-refractivity contribution in [3.63, 3.8) is 0 Å². The summed E-state index contributed by atoms with van der Waals surface area (Å²) in [6.45, 7) is 2.67. The molecule has 0 aromatic heterocycles. The molecule has 0 spiro atoms. The zero-order valence-corrected chi connectivity index (χ0v) is 11.2. The highest BCUT2D eigenvalue weighted by Crippen LogP contribution is 2.35. The molecule has 2 aliphatic rings. The second kappa shape index (κ2) is 5.59. The number of hydrogen-bond donors (Lipinski definition) is 3. The molecule has 1 saturated carbocycles. The maximum absolute atomic E-state index is 11.9. The first-order chi connectivity index (χ1) is 8.12. The van der Waals surface area contributed by atoms with E-state index in [9.17, 15) is 9.90 Å². The highest BCUT2D eigenvalue weighted by Gasteiger charge is 2.36. The molecule has 0 aromatic rings. The van der Waals surface area contributed by atoms with E-state index in [0.717, 1.165) is 37.3 Å². The van der Waals surface area contributed by atoms with Gasteiger partial charge in [-0.1, -0.05) is 19.8 Å². The summed E-state index contributed by atoms with van der Waals surface area (Å²) < 4.78 is 0. The van der Waals surface area contributed by atoms with Gasteiger partial charge in [-0.05, 0) is 12.8 Å². The Labute approximate surface area is 107 Å². The molecule has 98 valence electrons. The predicted octanol–water partition coefficient (Wildman–Crippen LogP) is 0.706. The molecule has 0 aromatic carbocycles. The van der Waals surface area contributed by atoms with Crippen LogP contribution in [0.2, 0.25) is 0 Å². The first kappa shape index (κ1) is 13.2. The predicted molar refractivity (Wildman–Crippen MR) is 69.8 cm³/mol. The monoisotopic (exact) mass is 258 g/mol. The van der Waals surface area contributed by atoms with Gasteiger partial charge >= 0.3 is 0 Å². The van der Waals surface area contributed by atoms with Crippen LogP contribution < -0.4 is 10.6 Å². The Morgan fingerprint density at radius 3 is 3.06 bits per heavy atom. The summed E-state index contributed by atoms with van der Waals surface area (Å²) in [5.41, 5.74) is -0.139. The van der Waals surface area contributed by atoms with Crippen molar-refractivity contribution in [1.82, 2.24) is 10.6 Å². The highest BCUT2D eigenvalue weighted by atomic mass is 32.2. The lowest BCUT2D eigenvalue weighted by Gasteiger charge is -2.38. The van der Waals surface area contributed by atoms with E-state index in [1.165, 1.54) is 0 Å². The van der Waals surface area contributed by atoms with E-state index in [4.69, 9.17) is 0 Å². The Balaban J connectivity index is 1.81. The SMILES string of the molecule is CC1(CNC(=O)C2CSCN2)CCCCC1O. The van der Waals surface area contributed by atoms with Gasteiger partial charge in [0, 0.05) is 23.6 Å². The minimum absolute atomic E-state index is 0.0515. The summed E-state index contributed by atoms with van der Waals surface area (Å²) >= 11 is 1.75. The minimum atomic E-state index is -0.275. The number of amides is 1. The van der Waals surface area contributed by atoms with Gasteiger partial charge in [-0.2, -0.15) is 0 Å². The van der Waals surface area contributed by atoms with Crippen molar-refractivity contribution in [2.75, 3.05) is 18.2 Å². The van der Waals surface area contributed by atoms with Gasteiger partial charge in [0.15, 0.2) is 0 Å². The quantitative estimate of drug-likeness (QED) is 0.697. The first-order valence-corrected chi connectivity index (χ1v) is 7.54. The number of carbonyl (C=O) groups excluding carboxylic acids is 1. The van der Waals surface area contributed by atoms with E-state index in [1.54, 1.807) is 11.8 Å². The topological polar surface area (TPSA) is 61.4 Å². The van der Waals surface area contributed by atoms with Crippen molar-refractivity contribution in [3.8, 4) is 0 Å². The summed E-state index contributed by atoms with van der Waals surface area (Å²) in [7, 11) is 0. The summed E-state index contributed by atoms with van der Waals surface area (Å²) in [6.07, 6.45) is 3.85. The Morgan fingerprint density at radius 2 is 2.41 bits per heavy atom. The van der Waals surface area contributed by atoms with Crippen molar-refractivity contribution in [2.24, 2.45) is 5.41 Å². The van der Waals surface area contributed by atoms with Crippen LogP contribution >= 0.6 is 11.8 Å². The molecule has 1 aliphatic heterocycles. The molecule has 4 nitrogen and oxygen atoms in total. The van der Waals surface area contributed by atoms with Crippen LogP contribution in [0.1, 0.15) is 32.6 Å². The molecular weight excluding hydrogens is 236 g/mol. The van der Waals surface area contributed by atoms with Gasteiger partial charge in [0.25, 0.3) is 0 Å². The van der Waals surface area contributed by atoms with Crippen LogP contribution in [-0.4, -0.2) is 41.3 Å². The molecule has 1 saturated heterocycles. The molecule has 3 atom stereocenters. The largest absolute Gasteiger partial charge is 0.392 e. The van der Waals surface area contributed by atoms with Gasteiger partial charge in [0.05, 0.1) is 12.1 Å². The Bertz CT molecular complexity index is 282. The third-order valence-electron chi connectivity index (χ3n) is 3.98. The standard InChI is InChI=1S/C12H22N2O2S/c1-12(5-3-2-4-10(12)15)7-13-11(16)9-6-17-8-14-9/h9-10,14-15H,2-8H2,1H3,(H,13,16). The minimum Gasteiger partial charge on any atom is -0.392 e. The zero-order chi connectivity index (χ0) is 12.3. The smallest absolute Gasteiger partial charge is 0.238 e. The lowest BCUT2D eigenvalue weighted by atomic mass is 9.73. The summed E-state index contributed by atoms with van der Waals surface area (Å²) in [4.78, 5) is 11.9. The van der Waals surface area contributed by atoms with Crippen LogP contribution in [-0.2, 0) is 4.79 Å². The summed E-state index contributed by atoms with van der Waals surface area (Å²) in [6, 6.07) is -0.0515. The molecule has 1 aliphatic carbocycles. The number of hydrogen-bond acceptors (Lipinski definition) is 4. The van der Waals surface area contributed by atoms with Gasteiger partial charge in [-0.15, -0.1) is 11.8 Å². The fourth-order valence-electron chi connectivity index (χ4n) is 2.56. The van der Waals surface area contributed by atoms with Gasteiger partial charge < -0.3 is 10.4 Å². The molecule has 2 fully saturated rings. The van der Waals surface area contributed by atoms with E-state index in [2.05, 4.69) is 17.6 Å². The van der Waals surface area contributed by atoms with E-state index < -0.39 is 0 Å². The molecule has 0 bridgehead atoms. The van der Waals surface area contributed by atoms with Gasteiger partial charge in [-0.3, -0.25) is 10.1 Å². The molecule has 2 rings (SSSR count). The maximum atomic E-state index is 11.9. The lowest BCUT2D eigenvalue weighted by Crippen LogP contribution is -2.49. The van der Waals surface area contributed by atoms with Crippen LogP contribution in [0.15, 0.2) is 0 Å². The van der Waals surface area contributed by atoms with Gasteiger partial charge in [0.1, 0.15) is 0 Å². The number of carbonyl (C=O) groups is 1. The second-order valence-electron chi connectivity index (χ2n) is 5.41. The normalized spacial score (nSPS) is 38.0. The molecule has 1 amide bonds. The molecule has 0 radical (unpaired) electrons. The molecule has 5 heteroatoms. The van der Waals surface area contributed by atoms with Crippen LogP contribution in [0.3, 0.4) is 0 Å². The van der Waals surface area contributed by atoms with Gasteiger partial charge in [-0.25, -0.2) is 0 Å². The number of nitrogens with one attached hydrogen (secondary N) is 2. The number of rotatable bonds is 3. The molecular formula is C12H22N2O2S. The molecule has 3 unspecified atom stereocenters. The summed E-state index contributed by atoms with van der Waals surface area (Å²) in [5, 5.41) is 16.2. The van der Waals surface area contributed by atoms with Crippen molar-refractivity contribution in [1.29, 1.82) is 0 Å². The highest BCUT2D eigenvalue weighted by molar-refractivity contribution is 7.99. The molecule has 17 heavy (non-hydrogen) atoms. The van der Waals surface area contributed by atoms with Crippen molar-refractivity contribution in [2.45, 2.75) is 44.8 Å². The van der Waals surface area contributed by atoms with Crippen LogP contribution in [0.5, 0.6) is 0 Å². The third-order valence-corrected chi connectivity index (χ3v) is 4.92. The Kier molecular flexibility index (Phi) is 4.33. The van der Waals surface area contributed by atoms with E-state index >= 15 is 0 Å². The maximum Gasteiger partial charge on any atom is 0.238 e. The molecule has 1 heterocycles. The van der Waals surface area contributed by atoms with Crippen LogP contribution in [0.4, 0.5) is 0 Å². The van der Waals surface area contributed by atoms with Crippen molar-refractivity contribution in [3.05, 3.63) is 0 Å². The number of aliphatic hydroxyl groups excluding tert-OH is 1. The first-order valence-electron chi connectivity index (χ1n) is 6.39. The fourth-order valence-corrected chi connectivity index (χ4v) is 3.51. The fraction of sp³-hybridized carbons (Fsp3) is 0.917. The Hall–Kier alpha value is -0.260. The van der Waals surface area contributed by atoms with Crippen molar-refractivity contribution >= 4 is 17.7 Å². The van der Waals surface area contributed by atoms with Crippen LogP contribution in [0, 0.1) is 5.41 Å². The Morgan fingerprint density at radius 1 is 1.59 bits per heavy atom.